The first-order valence-corrected chi connectivity index (χ1v) is 10.8. The SMILES string of the molecule is Cc1ccc(S(=O)(=O)N2C[C@@H](C)N(S(C)(=O)=O)[C@@H]2C(C)C)cc1. The van der Waals surface area contributed by atoms with Crippen LogP contribution in [0.15, 0.2) is 29.2 Å². The van der Waals surface area contributed by atoms with Crippen molar-refractivity contribution in [1.29, 1.82) is 0 Å². The maximum Gasteiger partial charge on any atom is 0.244 e. The van der Waals surface area contributed by atoms with Crippen LogP contribution in [0.25, 0.3) is 0 Å². The zero-order chi connectivity index (χ0) is 17.6. The normalized spacial score (nSPS) is 24.4. The average Bonchev–Trinajstić information content (AvgIpc) is 2.77. The third kappa shape index (κ3) is 3.45. The number of nitrogens with zero attached hydrogens (tertiary/aromatic N) is 2. The molecule has 0 bridgehead atoms. The van der Waals surface area contributed by atoms with Gasteiger partial charge in [0.25, 0.3) is 0 Å². The Balaban J connectivity index is 2.51. The number of sulfonamides is 2. The third-order valence-corrected chi connectivity index (χ3v) is 7.23. The molecule has 1 aromatic rings. The predicted octanol–water partition coefficient (Wildman–Crippen LogP) is 1.63. The predicted molar refractivity (Wildman–Crippen MR) is 89.8 cm³/mol. The fourth-order valence-electron chi connectivity index (χ4n) is 3.07. The zero-order valence-electron chi connectivity index (χ0n) is 14.1. The lowest BCUT2D eigenvalue weighted by molar-refractivity contribution is 0.209. The summed E-state index contributed by atoms with van der Waals surface area (Å²) in [7, 11) is -7.25. The molecule has 2 atom stereocenters. The van der Waals surface area contributed by atoms with E-state index >= 15 is 0 Å². The molecule has 130 valence electrons. The van der Waals surface area contributed by atoms with Crippen LogP contribution in [-0.2, 0) is 20.0 Å². The Morgan fingerprint density at radius 2 is 1.61 bits per heavy atom. The van der Waals surface area contributed by atoms with Gasteiger partial charge in [-0.15, -0.1) is 0 Å². The van der Waals surface area contributed by atoms with Gasteiger partial charge in [-0.25, -0.2) is 16.8 Å². The van der Waals surface area contributed by atoms with E-state index in [9.17, 15) is 16.8 Å². The van der Waals surface area contributed by atoms with Crippen LogP contribution < -0.4 is 0 Å². The van der Waals surface area contributed by atoms with Crippen molar-refractivity contribution in [3.8, 4) is 0 Å². The summed E-state index contributed by atoms with van der Waals surface area (Å²) in [5, 5.41) is 0. The van der Waals surface area contributed by atoms with Gasteiger partial charge in [-0.2, -0.15) is 8.61 Å². The summed E-state index contributed by atoms with van der Waals surface area (Å²) in [6.07, 6.45) is 0.423. The fraction of sp³-hybridized carbons (Fsp3) is 0.600. The third-order valence-electron chi connectivity index (χ3n) is 4.04. The van der Waals surface area contributed by atoms with Crippen LogP contribution in [0.5, 0.6) is 0 Å². The van der Waals surface area contributed by atoms with E-state index in [1.54, 1.807) is 31.2 Å². The van der Waals surface area contributed by atoms with Gasteiger partial charge in [-0.3, -0.25) is 0 Å². The number of hydrogen-bond donors (Lipinski definition) is 0. The second-order valence-electron chi connectivity index (χ2n) is 6.49. The molecule has 0 radical (unpaired) electrons. The largest absolute Gasteiger partial charge is 0.244 e. The van der Waals surface area contributed by atoms with Crippen LogP contribution in [0.4, 0.5) is 0 Å². The second-order valence-corrected chi connectivity index (χ2v) is 10.3. The lowest BCUT2D eigenvalue weighted by Gasteiger charge is -2.32. The Hall–Kier alpha value is -0.960. The minimum atomic E-state index is -3.75. The molecular weight excluding hydrogens is 336 g/mol. The first-order chi connectivity index (χ1) is 10.5. The van der Waals surface area contributed by atoms with Gasteiger partial charge in [-0.1, -0.05) is 31.5 Å². The monoisotopic (exact) mass is 360 g/mol. The van der Waals surface area contributed by atoms with Crippen molar-refractivity contribution in [3.63, 3.8) is 0 Å². The van der Waals surface area contributed by atoms with E-state index in [0.29, 0.717) is 0 Å². The van der Waals surface area contributed by atoms with Crippen molar-refractivity contribution in [3.05, 3.63) is 29.8 Å². The van der Waals surface area contributed by atoms with Crippen molar-refractivity contribution < 1.29 is 16.8 Å². The quantitative estimate of drug-likeness (QED) is 0.818. The van der Waals surface area contributed by atoms with Crippen LogP contribution in [-0.4, -0.2) is 50.5 Å². The van der Waals surface area contributed by atoms with Gasteiger partial charge in [-0.05, 0) is 31.9 Å². The first kappa shape index (κ1) is 18.4. The molecule has 0 amide bonds. The van der Waals surface area contributed by atoms with Crippen molar-refractivity contribution in [2.45, 2.75) is 44.8 Å². The molecule has 23 heavy (non-hydrogen) atoms. The van der Waals surface area contributed by atoms with Gasteiger partial charge in [0.05, 0.1) is 17.3 Å². The summed E-state index contributed by atoms with van der Waals surface area (Å²) in [5.41, 5.74) is 0.969. The summed E-state index contributed by atoms with van der Waals surface area (Å²) in [6, 6.07) is 6.22. The standard InChI is InChI=1S/C15H24N2O4S2/c1-11(2)15-16(10-13(4)17(15)22(5,18)19)23(20,21)14-8-6-12(3)7-9-14/h6-9,11,13,15H,10H2,1-5H3/t13-,15-/m1/s1. The molecule has 0 aromatic heterocycles. The molecule has 0 N–H and O–H groups in total. The van der Waals surface area contributed by atoms with Gasteiger partial charge < -0.3 is 0 Å². The van der Waals surface area contributed by atoms with E-state index < -0.39 is 32.3 Å². The minimum absolute atomic E-state index is 0.158. The highest BCUT2D eigenvalue weighted by molar-refractivity contribution is 7.89. The molecule has 1 saturated heterocycles. The maximum atomic E-state index is 13.0. The van der Waals surface area contributed by atoms with E-state index in [-0.39, 0.29) is 17.4 Å². The van der Waals surface area contributed by atoms with Gasteiger partial charge >= 0.3 is 0 Å². The summed E-state index contributed by atoms with van der Waals surface area (Å²) >= 11 is 0. The summed E-state index contributed by atoms with van der Waals surface area (Å²) < 4.78 is 52.8. The molecule has 2 rings (SSSR count). The van der Waals surface area contributed by atoms with Crippen LogP contribution in [0.2, 0.25) is 0 Å². The molecular formula is C15H24N2O4S2. The summed E-state index contributed by atoms with van der Waals surface area (Å²) in [6.45, 7) is 7.45. The number of hydrogen-bond acceptors (Lipinski definition) is 4. The minimum Gasteiger partial charge on any atom is -0.212 e. The number of benzene rings is 1. The Labute approximate surface area is 139 Å². The fourth-order valence-corrected chi connectivity index (χ4v) is 6.39. The smallest absolute Gasteiger partial charge is 0.212 e. The Morgan fingerprint density at radius 3 is 2.04 bits per heavy atom. The van der Waals surface area contributed by atoms with Crippen molar-refractivity contribution in [2.24, 2.45) is 5.92 Å². The van der Waals surface area contributed by atoms with Crippen LogP contribution in [0, 0.1) is 12.8 Å². The molecule has 8 heteroatoms. The topological polar surface area (TPSA) is 74.8 Å². The van der Waals surface area contributed by atoms with Gasteiger partial charge in [0.1, 0.15) is 0 Å². The average molecular weight is 361 g/mol. The molecule has 1 heterocycles. The molecule has 0 saturated carbocycles. The number of rotatable bonds is 4. The molecule has 1 fully saturated rings. The Bertz CT molecular complexity index is 770. The van der Waals surface area contributed by atoms with Crippen molar-refractivity contribution >= 4 is 20.0 Å². The molecule has 1 aliphatic rings. The van der Waals surface area contributed by atoms with E-state index in [4.69, 9.17) is 0 Å². The van der Waals surface area contributed by atoms with Crippen LogP contribution in [0.1, 0.15) is 26.3 Å². The van der Waals surface area contributed by atoms with Gasteiger partial charge in [0.15, 0.2) is 0 Å². The van der Waals surface area contributed by atoms with Gasteiger partial charge in [0, 0.05) is 12.6 Å². The van der Waals surface area contributed by atoms with Crippen molar-refractivity contribution in [1.82, 2.24) is 8.61 Å². The van der Waals surface area contributed by atoms with E-state index in [1.807, 2.05) is 20.8 Å². The summed E-state index contributed by atoms with van der Waals surface area (Å²) in [4.78, 5) is 0.191. The van der Waals surface area contributed by atoms with E-state index in [2.05, 4.69) is 0 Å². The molecule has 6 nitrogen and oxygen atoms in total. The number of aryl methyl sites for hydroxylation is 1. The highest BCUT2D eigenvalue weighted by Crippen LogP contribution is 2.33. The molecule has 0 aliphatic carbocycles. The highest BCUT2D eigenvalue weighted by Gasteiger charge is 2.49. The molecule has 0 spiro atoms. The Kier molecular flexibility index (Phi) is 4.92. The van der Waals surface area contributed by atoms with Crippen LogP contribution in [0.3, 0.4) is 0 Å². The lowest BCUT2D eigenvalue weighted by atomic mass is 10.2. The second kappa shape index (κ2) is 6.16. The maximum absolute atomic E-state index is 13.0. The summed E-state index contributed by atoms with van der Waals surface area (Å²) in [5.74, 6) is -0.158. The van der Waals surface area contributed by atoms with E-state index in [1.165, 1.54) is 8.61 Å². The van der Waals surface area contributed by atoms with Crippen LogP contribution >= 0.6 is 0 Å². The Morgan fingerprint density at radius 1 is 1.09 bits per heavy atom. The molecule has 1 aromatic carbocycles. The zero-order valence-corrected chi connectivity index (χ0v) is 15.7. The molecule has 1 aliphatic heterocycles. The molecule has 0 unspecified atom stereocenters. The first-order valence-electron chi connectivity index (χ1n) is 7.53. The van der Waals surface area contributed by atoms with E-state index in [0.717, 1.165) is 11.8 Å². The van der Waals surface area contributed by atoms with Gasteiger partial charge in [0.2, 0.25) is 20.0 Å². The lowest BCUT2D eigenvalue weighted by Crippen LogP contribution is -2.48. The highest BCUT2D eigenvalue weighted by atomic mass is 32.2. The van der Waals surface area contributed by atoms with Crippen molar-refractivity contribution in [2.75, 3.05) is 12.8 Å².